The van der Waals surface area contributed by atoms with Gasteiger partial charge in [-0.05, 0) is 55.2 Å². The standard InChI is InChI=1S/C14H20N2O3.C8H17NO.C8H16O2/c1-2-3-12(14(15)19)16-13(18)9-6-10-4-7-11(17)8-5-10;1-3-4-5-6-7(2)8(9)10;1-8(2,3)6-4-5-7(9)10/h4-5,7-8,12,17H,2-3,6,9H2,1H3,(H2,15,19)(H,16,18);7H,3-6H2,1-2H3,(H2,9,10);4-6H2,1-3H3,(H,9,10). The van der Waals surface area contributed by atoms with Gasteiger partial charge < -0.3 is 27.0 Å². The Balaban J connectivity index is 0. The number of hydrogen-bond donors (Lipinski definition) is 5. The summed E-state index contributed by atoms with van der Waals surface area (Å²) in [6.45, 7) is 12.3. The molecule has 0 fully saturated rings. The fraction of sp³-hybridized carbons (Fsp3) is 0.667. The van der Waals surface area contributed by atoms with Crippen molar-refractivity contribution in [2.75, 3.05) is 0 Å². The Morgan fingerprint density at radius 3 is 1.90 bits per heavy atom. The van der Waals surface area contributed by atoms with Gasteiger partial charge in [-0.15, -0.1) is 0 Å². The van der Waals surface area contributed by atoms with Crippen LogP contribution in [0.25, 0.3) is 0 Å². The van der Waals surface area contributed by atoms with Crippen LogP contribution in [0.3, 0.4) is 0 Å². The van der Waals surface area contributed by atoms with Crippen LogP contribution in [0, 0.1) is 11.3 Å². The largest absolute Gasteiger partial charge is 0.508 e. The predicted octanol–water partition coefficient (Wildman–Crippen LogP) is 5.07. The van der Waals surface area contributed by atoms with Crippen molar-refractivity contribution in [2.24, 2.45) is 22.8 Å². The number of carboxylic acids is 1. The Kier molecular flexibility index (Phi) is 21.3. The van der Waals surface area contributed by atoms with E-state index in [0.29, 0.717) is 19.3 Å². The van der Waals surface area contributed by atoms with Crippen LogP contribution < -0.4 is 16.8 Å². The second-order valence-corrected chi connectivity index (χ2v) is 11.1. The van der Waals surface area contributed by atoms with E-state index in [1.165, 1.54) is 12.8 Å². The van der Waals surface area contributed by atoms with E-state index in [2.05, 4.69) is 33.0 Å². The number of carboxylic acid groups (broad SMARTS) is 1. The summed E-state index contributed by atoms with van der Waals surface area (Å²) in [7, 11) is 0. The second-order valence-electron chi connectivity index (χ2n) is 11.1. The maximum Gasteiger partial charge on any atom is 0.303 e. The quantitative estimate of drug-likeness (QED) is 0.190. The highest BCUT2D eigenvalue weighted by molar-refractivity contribution is 5.86. The smallest absolute Gasteiger partial charge is 0.303 e. The second kappa shape index (κ2) is 21.8. The predicted molar refractivity (Wildman–Crippen MR) is 156 cm³/mol. The first-order valence-corrected chi connectivity index (χ1v) is 14.0. The van der Waals surface area contributed by atoms with Crippen LogP contribution >= 0.6 is 0 Å². The molecule has 1 rings (SSSR count). The lowest BCUT2D eigenvalue weighted by Gasteiger charge is -2.16. The van der Waals surface area contributed by atoms with Gasteiger partial charge in [0.15, 0.2) is 0 Å². The van der Waals surface area contributed by atoms with Gasteiger partial charge in [-0.2, -0.15) is 0 Å². The number of nitrogens with two attached hydrogens (primary N) is 2. The lowest BCUT2D eigenvalue weighted by Crippen LogP contribution is -2.44. The molecule has 0 aliphatic carbocycles. The van der Waals surface area contributed by atoms with Crippen molar-refractivity contribution in [1.82, 2.24) is 5.32 Å². The molecular formula is C30H53N3O6. The summed E-state index contributed by atoms with van der Waals surface area (Å²) in [5.74, 6) is -1.29. The minimum atomic E-state index is -0.691. The zero-order valence-electron chi connectivity index (χ0n) is 24.9. The summed E-state index contributed by atoms with van der Waals surface area (Å²) in [5.41, 5.74) is 11.5. The number of amides is 3. The summed E-state index contributed by atoms with van der Waals surface area (Å²) in [4.78, 5) is 43.4. The molecule has 0 aliphatic heterocycles. The fourth-order valence-corrected chi connectivity index (χ4v) is 3.37. The average molecular weight is 552 g/mol. The molecule has 9 nitrogen and oxygen atoms in total. The van der Waals surface area contributed by atoms with Gasteiger partial charge in [-0.25, -0.2) is 0 Å². The van der Waals surface area contributed by atoms with Gasteiger partial charge in [0.1, 0.15) is 11.8 Å². The van der Waals surface area contributed by atoms with Gasteiger partial charge in [0.25, 0.3) is 0 Å². The SMILES string of the molecule is CC(C)(C)CCCC(=O)O.CCCC(NC(=O)CCc1ccc(O)cc1)C(N)=O.CCCCCC(C)C(N)=O. The normalized spacial score (nSPS) is 12.1. The van der Waals surface area contributed by atoms with Crippen LogP contribution in [0.1, 0.15) is 111 Å². The molecule has 0 heterocycles. The van der Waals surface area contributed by atoms with E-state index in [9.17, 15) is 19.2 Å². The molecule has 0 spiro atoms. The van der Waals surface area contributed by atoms with Crippen LogP contribution in [-0.4, -0.2) is 39.9 Å². The molecule has 9 heteroatoms. The Hall–Kier alpha value is -3.10. The fourth-order valence-electron chi connectivity index (χ4n) is 3.37. The molecule has 0 saturated heterocycles. The number of aryl methyl sites for hydroxylation is 1. The van der Waals surface area contributed by atoms with E-state index in [-0.39, 0.29) is 35.3 Å². The van der Waals surface area contributed by atoms with Crippen LogP contribution in [0.4, 0.5) is 0 Å². The van der Waals surface area contributed by atoms with Gasteiger partial charge in [0, 0.05) is 18.8 Å². The third-order valence-electron chi connectivity index (χ3n) is 5.88. The molecule has 0 aromatic heterocycles. The summed E-state index contributed by atoms with van der Waals surface area (Å²) in [5, 5.41) is 20.1. The van der Waals surface area contributed by atoms with Crippen molar-refractivity contribution < 1.29 is 29.4 Å². The molecule has 39 heavy (non-hydrogen) atoms. The Morgan fingerprint density at radius 1 is 0.872 bits per heavy atom. The Morgan fingerprint density at radius 2 is 1.46 bits per heavy atom. The Bertz CT molecular complexity index is 834. The van der Waals surface area contributed by atoms with Crippen molar-refractivity contribution in [3.05, 3.63) is 29.8 Å². The monoisotopic (exact) mass is 551 g/mol. The molecule has 7 N–H and O–H groups in total. The molecule has 1 aromatic carbocycles. The van der Waals surface area contributed by atoms with Gasteiger partial charge in [0.05, 0.1) is 0 Å². The number of nitrogens with one attached hydrogen (secondary N) is 1. The number of unbranched alkanes of at least 4 members (excludes halogenated alkanes) is 2. The number of aliphatic carboxylic acids is 1. The third kappa shape index (κ3) is 25.0. The molecule has 0 bridgehead atoms. The van der Waals surface area contributed by atoms with Gasteiger partial charge in [0.2, 0.25) is 17.7 Å². The van der Waals surface area contributed by atoms with Crippen LogP contribution in [0.2, 0.25) is 0 Å². The zero-order valence-corrected chi connectivity index (χ0v) is 24.9. The first-order valence-electron chi connectivity index (χ1n) is 14.0. The molecule has 0 radical (unpaired) electrons. The number of carbonyl (C=O) groups is 4. The van der Waals surface area contributed by atoms with Gasteiger partial charge in [-0.1, -0.05) is 79.4 Å². The highest BCUT2D eigenvalue weighted by Gasteiger charge is 2.16. The summed E-state index contributed by atoms with van der Waals surface area (Å²) in [6, 6.07) is 6.10. The van der Waals surface area contributed by atoms with E-state index in [1.54, 1.807) is 24.3 Å². The van der Waals surface area contributed by atoms with Crippen molar-refractivity contribution >= 4 is 23.7 Å². The molecule has 0 saturated carbocycles. The maximum atomic E-state index is 11.7. The first kappa shape index (κ1) is 38.0. The topological polar surface area (TPSA) is 173 Å². The summed E-state index contributed by atoms with van der Waals surface area (Å²) in [6.07, 6.45) is 8.75. The molecular weight excluding hydrogens is 498 g/mol. The summed E-state index contributed by atoms with van der Waals surface area (Å²) < 4.78 is 0. The molecule has 3 amide bonds. The number of phenolic OH excluding ortho intramolecular Hbond substituents is 1. The number of aromatic hydroxyl groups is 1. The molecule has 0 aliphatic rings. The van der Waals surface area contributed by atoms with Gasteiger partial charge in [-0.3, -0.25) is 19.2 Å². The van der Waals surface area contributed by atoms with E-state index in [0.717, 1.165) is 37.7 Å². The van der Waals surface area contributed by atoms with Crippen LogP contribution in [0.5, 0.6) is 5.75 Å². The van der Waals surface area contributed by atoms with E-state index in [4.69, 9.17) is 21.7 Å². The van der Waals surface area contributed by atoms with Gasteiger partial charge >= 0.3 is 5.97 Å². The van der Waals surface area contributed by atoms with E-state index >= 15 is 0 Å². The molecule has 224 valence electrons. The van der Waals surface area contributed by atoms with Crippen molar-refractivity contribution in [3.63, 3.8) is 0 Å². The third-order valence-corrected chi connectivity index (χ3v) is 5.88. The number of hydrogen-bond acceptors (Lipinski definition) is 5. The summed E-state index contributed by atoms with van der Waals surface area (Å²) >= 11 is 0. The van der Waals surface area contributed by atoms with E-state index < -0.39 is 17.9 Å². The average Bonchev–Trinajstić information content (AvgIpc) is 2.83. The minimum Gasteiger partial charge on any atom is -0.508 e. The number of rotatable bonds is 15. The van der Waals surface area contributed by atoms with Crippen LogP contribution in [0.15, 0.2) is 24.3 Å². The number of phenols is 1. The van der Waals surface area contributed by atoms with Crippen molar-refractivity contribution in [1.29, 1.82) is 0 Å². The highest BCUT2D eigenvalue weighted by atomic mass is 16.4. The van der Waals surface area contributed by atoms with Crippen molar-refractivity contribution in [3.8, 4) is 5.75 Å². The number of benzene rings is 1. The first-order chi connectivity index (χ1) is 18.1. The van der Waals surface area contributed by atoms with Crippen LogP contribution in [-0.2, 0) is 25.6 Å². The Labute approximate surface area is 235 Å². The molecule has 2 unspecified atom stereocenters. The lowest BCUT2D eigenvalue weighted by molar-refractivity contribution is -0.137. The number of carbonyl (C=O) groups excluding carboxylic acids is 3. The van der Waals surface area contributed by atoms with Crippen molar-refractivity contribution in [2.45, 2.75) is 118 Å². The minimum absolute atomic E-state index is 0.0616. The maximum absolute atomic E-state index is 11.7. The van der Waals surface area contributed by atoms with E-state index in [1.807, 2.05) is 13.8 Å². The molecule has 1 aromatic rings. The lowest BCUT2D eigenvalue weighted by atomic mass is 9.90. The highest BCUT2D eigenvalue weighted by Crippen LogP contribution is 2.21. The number of primary amides is 2. The zero-order chi connectivity index (χ0) is 30.4. The molecule has 2 atom stereocenters.